The Hall–Kier alpha value is -6.28. The topological polar surface area (TPSA) is 372 Å². The summed E-state index contributed by atoms with van der Waals surface area (Å²) in [5, 5.41) is 151. The lowest BCUT2D eigenvalue weighted by molar-refractivity contribution is -0.318. The second-order valence-electron chi connectivity index (χ2n) is 15.1. The zero-order valence-corrected chi connectivity index (χ0v) is 36.2. The quantitative estimate of drug-likeness (QED) is 0.0513. The van der Waals surface area contributed by atoms with Crippen LogP contribution in [0.4, 0.5) is 0 Å². The van der Waals surface area contributed by atoms with Crippen molar-refractivity contribution in [3.8, 4) is 85.9 Å². The van der Waals surface area contributed by atoms with Gasteiger partial charge in [0.25, 0.3) is 0 Å². The van der Waals surface area contributed by atoms with Crippen LogP contribution >= 0.6 is 0 Å². The molecule has 2 aliphatic heterocycles. The molecule has 4 aromatic carbocycles. The molecule has 4 heterocycles. The number of hydrogen-bond donors (Lipinski definition) is 15. The lowest BCUT2D eigenvalue weighted by Crippen LogP contribution is -3.00. The summed E-state index contributed by atoms with van der Waals surface area (Å²) < 4.78 is 38.7. The van der Waals surface area contributed by atoms with E-state index in [1.807, 2.05) is 0 Å². The van der Waals surface area contributed by atoms with Gasteiger partial charge >= 0.3 is 22.7 Å². The molecule has 22 nitrogen and oxygen atoms in total. The van der Waals surface area contributed by atoms with Crippen LogP contribution in [0, 0.1) is 0 Å². The molecule has 0 radical (unpaired) electrons. The molecule has 6 aromatic rings. The molecular weight excluding hydrogens is 939 g/mol. The SMILES string of the molecule is COc1cc(-c2[o+]c3cc(O)cc(O)c3cc2O)cc(O)c1O.C[C@@H]1O[C@@H](OC[C@H]2O[C@@H](Oc3cc4c(O)cc(O)cc4[o+]c3-c3ccc(O)c(O)c3)[C@H](O)[C@@H](O)[C@@H]2O)[C@H](O)[C@H](O)[C@H]1O.[Cl-].[Cl-]. The summed E-state index contributed by atoms with van der Waals surface area (Å²) >= 11 is 0. The highest BCUT2D eigenvalue weighted by atomic mass is 35.5. The van der Waals surface area contributed by atoms with Crippen molar-refractivity contribution in [2.75, 3.05) is 13.7 Å². The van der Waals surface area contributed by atoms with Crippen molar-refractivity contribution in [3.63, 3.8) is 0 Å². The Morgan fingerprint density at radius 2 is 1.07 bits per heavy atom. The number of halogens is 2. The van der Waals surface area contributed by atoms with E-state index in [1.54, 1.807) is 0 Å². The smallest absolute Gasteiger partial charge is 0.402 e. The van der Waals surface area contributed by atoms with Gasteiger partial charge < -0.3 is 125 Å². The van der Waals surface area contributed by atoms with Gasteiger partial charge in [0.05, 0.1) is 43.1 Å². The summed E-state index contributed by atoms with van der Waals surface area (Å²) in [7, 11) is 1.31. The summed E-state index contributed by atoms with van der Waals surface area (Å²) in [4.78, 5) is 0. The van der Waals surface area contributed by atoms with Crippen molar-refractivity contribution in [2.24, 2.45) is 0 Å². The van der Waals surface area contributed by atoms with Crippen LogP contribution in [0.5, 0.6) is 63.2 Å². The Morgan fingerprint density at radius 3 is 1.69 bits per heavy atom. The van der Waals surface area contributed by atoms with Crippen LogP contribution in [-0.4, -0.2) is 152 Å². The maximum Gasteiger partial charge on any atom is 0.402 e. The third-order valence-electron chi connectivity index (χ3n) is 10.6. The van der Waals surface area contributed by atoms with E-state index in [0.717, 1.165) is 18.2 Å². The van der Waals surface area contributed by atoms with E-state index in [9.17, 15) is 76.6 Å². The van der Waals surface area contributed by atoms with Gasteiger partial charge in [0.15, 0.2) is 29.3 Å². The van der Waals surface area contributed by atoms with Gasteiger partial charge in [-0.2, -0.15) is 0 Å². The lowest BCUT2D eigenvalue weighted by atomic mass is 9.98. The molecule has 0 amide bonds. The van der Waals surface area contributed by atoms with Crippen LogP contribution < -0.4 is 34.3 Å². The molecule has 2 saturated heterocycles. The molecule has 0 saturated carbocycles. The number of rotatable bonds is 8. The highest BCUT2D eigenvalue weighted by Gasteiger charge is 2.48. The zero-order chi connectivity index (χ0) is 47.2. The Bertz CT molecular complexity index is 2720. The Balaban J connectivity index is 0.000000285. The largest absolute Gasteiger partial charge is 1.00 e. The Morgan fingerprint density at radius 1 is 0.507 bits per heavy atom. The highest BCUT2D eigenvalue weighted by molar-refractivity contribution is 5.89. The normalized spacial score (nSPS) is 24.7. The van der Waals surface area contributed by atoms with E-state index in [-0.39, 0.29) is 104 Å². The van der Waals surface area contributed by atoms with E-state index in [4.69, 9.17) is 32.5 Å². The standard InChI is InChI=1S/C27H30O15.C16H12O7.2ClH/c1-9-19(32)21(34)23(36)26(39-9)38-8-18-20(33)22(35)24(37)27(42-18)41-17-7-12-14(30)5-11(28)6-16(12)40-25(17)10-2-3-13(29)15(31)4-10;1-22-14-3-7(2-11(19)15(14)21)16-12(20)6-9-10(18)4-8(17)5-13(9)23-16;;/h2-7,9,18-24,26-27,32-37H,8H2,1H3,(H3-,28,29,30,31);2-6H,1H3,(H4-,17,18,19,20,21);2*1H/t9-,18+,19-,20+,21+,22-,23+,24+,26+,27+;;;/m0.../s1. The summed E-state index contributed by atoms with van der Waals surface area (Å²) in [6.45, 7) is 0.925. The van der Waals surface area contributed by atoms with Gasteiger partial charge in [-0.15, -0.1) is 0 Å². The van der Waals surface area contributed by atoms with Gasteiger partial charge in [0.2, 0.25) is 23.5 Å². The van der Waals surface area contributed by atoms with Gasteiger partial charge in [-0.3, -0.25) is 0 Å². The minimum absolute atomic E-state index is 0. The van der Waals surface area contributed by atoms with E-state index in [2.05, 4.69) is 0 Å². The molecule has 2 aliphatic rings. The van der Waals surface area contributed by atoms with Gasteiger partial charge in [-0.1, -0.05) is 0 Å². The van der Waals surface area contributed by atoms with Gasteiger partial charge in [-0.25, -0.2) is 8.83 Å². The molecule has 10 atom stereocenters. The van der Waals surface area contributed by atoms with Crippen molar-refractivity contribution in [2.45, 2.75) is 68.3 Å². The third kappa shape index (κ3) is 10.5. The van der Waals surface area contributed by atoms with Crippen molar-refractivity contribution in [3.05, 3.63) is 66.7 Å². The molecule has 2 aromatic heterocycles. The van der Waals surface area contributed by atoms with E-state index < -0.39 is 96.8 Å². The first kappa shape index (κ1) is 51.7. The maximum absolute atomic E-state index is 10.7. The number of benzene rings is 4. The van der Waals surface area contributed by atoms with Crippen molar-refractivity contribution < 1.29 is 134 Å². The summed E-state index contributed by atoms with van der Waals surface area (Å²) in [5.41, 5.74) is 0.525. The first-order valence-corrected chi connectivity index (χ1v) is 19.4. The molecular formula is C43H44Cl2O22. The monoisotopic (exact) mass is 982 g/mol. The third-order valence-corrected chi connectivity index (χ3v) is 10.6. The molecule has 0 spiro atoms. The minimum atomic E-state index is -1.82. The fourth-order valence-electron chi connectivity index (χ4n) is 7.03. The number of fused-ring (bicyclic) bond motifs is 2. The second kappa shape index (κ2) is 20.7. The molecule has 0 aliphatic carbocycles. The van der Waals surface area contributed by atoms with Gasteiger partial charge in [0.1, 0.15) is 76.5 Å². The predicted octanol–water partition coefficient (Wildman–Crippen LogP) is -3.84. The molecule has 15 N–H and O–H groups in total. The van der Waals surface area contributed by atoms with Crippen LogP contribution in [0.1, 0.15) is 6.92 Å². The number of phenolic OH excluding ortho intramolecular Hbond substituents is 8. The molecule has 8 rings (SSSR count). The molecule has 0 unspecified atom stereocenters. The second-order valence-corrected chi connectivity index (χ2v) is 15.1. The van der Waals surface area contributed by atoms with Crippen LogP contribution in [0.2, 0.25) is 0 Å². The Kier molecular flexibility index (Phi) is 16.0. The Labute approximate surface area is 389 Å². The summed E-state index contributed by atoms with van der Waals surface area (Å²) in [5.74, 6) is -3.61. The van der Waals surface area contributed by atoms with Crippen LogP contribution in [-0.2, 0) is 14.2 Å². The van der Waals surface area contributed by atoms with Gasteiger partial charge in [-0.05, 0) is 19.1 Å². The fraction of sp³-hybridized carbons (Fsp3) is 0.302. The summed E-state index contributed by atoms with van der Waals surface area (Å²) in [6.07, 6.45) is -15.3. The first-order chi connectivity index (χ1) is 30.8. The molecule has 24 heteroatoms. The highest BCUT2D eigenvalue weighted by Crippen LogP contribution is 2.45. The molecule has 67 heavy (non-hydrogen) atoms. The molecule has 0 bridgehead atoms. The van der Waals surface area contributed by atoms with E-state index in [1.165, 1.54) is 62.6 Å². The number of aromatic hydroxyl groups is 9. The summed E-state index contributed by atoms with van der Waals surface area (Å²) in [6, 6.07) is 13.4. The average molecular weight is 984 g/mol. The minimum Gasteiger partial charge on any atom is -1.00 e. The number of ether oxygens (including phenoxy) is 5. The molecule has 362 valence electrons. The number of aliphatic hydroxyl groups excluding tert-OH is 6. The number of phenols is 8. The van der Waals surface area contributed by atoms with Crippen molar-refractivity contribution in [1.82, 2.24) is 0 Å². The number of methoxy groups -OCH3 is 1. The predicted molar refractivity (Wildman–Crippen MR) is 219 cm³/mol. The maximum atomic E-state index is 10.7. The van der Waals surface area contributed by atoms with E-state index >= 15 is 0 Å². The van der Waals surface area contributed by atoms with Crippen LogP contribution in [0.25, 0.3) is 44.6 Å². The number of hydrogen-bond acceptors (Lipinski definition) is 20. The molecule has 2 fully saturated rings. The van der Waals surface area contributed by atoms with E-state index in [0.29, 0.717) is 0 Å². The fourth-order valence-corrected chi connectivity index (χ4v) is 7.03. The van der Waals surface area contributed by atoms with Crippen LogP contribution in [0.15, 0.2) is 75.6 Å². The van der Waals surface area contributed by atoms with Crippen LogP contribution in [0.3, 0.4) is 0 Å². The van der Waals surface area contributed by atoms with Crippen molar-refractivity contribution >= 4 is 21.9 Å². The zero-order valence-electron chi connectivity index (χ0n) is 34.7. The average Bonchev–Trinajstić information content (AvgIpc) is 3.26. The first-order valence-electron chi connectivity index (χ1n) is 19.4. The van der Waals surface area contributed by atoms with Gasteiger partial charge in [0, 0.05) is 42.5 Å². The lowest BCUT2D eigenvalue weighted by Gasteiger charge is -2.42. The number of aliphatic hydroxyl groups is 6. The van der Waals surface area contributed by atoms with Crippen molar-refractivity contribution in [1.29, 1.82) is 0 Å².